The summed E-state index contributed by atoms with van der Waals surface area (Å²) in [5.74, 6) is -0.421. The number of carbonyl (C=O) groups excluding carboxylic acids is 1. The van der Waals surface area contributed by atoms with Crippen molar-refractivity contribution in [2.45, 2.75) is 44.7 Å². The number of alkyl halides is 6. The molecule has 1 heterocycles. The largest absolute Gasteiger partial charge is 0.416 e. The molecule has 2 aromatic rings. The van der Waals surface area contributed by atoms with Gasteiger partial charge in [-0.05, 0) is 74.3 Å². The van der Waals surface area contributed by atoms with Crippen LogP contribution >= 0.6 is 0 Å². The van der Waals surface area contributed by atoms with Crippen molar-refractivity contribution in [2.24, 2.45) is 0 Å². The van der Waals surface area contributed by atoms with Crippen LogP contribution < -0.4 is 0 Å². The van der Waals surface area contributed by atoms with Crippen LogP contribution in [0.1, 0.15) is 53.2 Å². The highest BCUT2D eigenvalue weighted by Gasteiger charge is 2.38. The number of amides is 2. The van der Waals surface area contributed by atoms with Crippen LogP contribution in [0.3, 0.4) is 0 Å². The smallest absolute Gasteiger partial charge is 0.321 e. The SMILES string of the molecule is Cc1cc(F)ccc1[C@H]1CCN(C)CCN1C(=O)N(C)[C@H](C)c1cc(C(F)(F)F)cc(C(F)(F)F)c1. The van der Waals surface area contributed by atoms with Crippen molar-refractivity contribution in [3.05, 3.63) is 70.0 Å². The van der Waals surface area contributed by atoms with E-state index in [1.165, 1.54) is 26.1 Å². The molecule has 0 N–H and O–H groups in total. The van der Waals surface area contributed by atoms with Gasteiger partial charge in [0, 0.05) is 26.7 Å². The number of nitrogens with zero attached hydrogens (tertiary/aromatic N) is 3. The minimum atomic E-state index is -4.99. The molecule has 1 fully saturated rings. The molecule has 11 heteroatoms. The maximum absolute atomic E-state index is 13.7. The highest BCUT2D eigenvalue weighted by Crippen LogP contribution is 2.39. The number of urea groups is 1. The van der Waals surface area contributed by atoms with E-state index in [2.05, 4.69) is 0 Å². The summed E-state index contributed by atoms with van der Waals surface area (Å²) in [6.45, 7) is 4.56. The molecule has 0 bridgehead atoms. The molecule has 1 saturated heterocycles. The standard InChI is InChI=1S/C25H28F7N3O/c1-15-11-20(26)5-6-21(15)22-7-8-33(3)9-10-35(22)23(36)34(4)16(2)17-12-18(24(27,28)29)14-19(13-17)25(30,31)32/h5-6,11-14,16,22H,7-10H2,1-4H3/t16-,22-/m1/s1. The first kappa shape index (κ1) is 27.8. The van der Waals surface area contributed by atoms with E-state index in [1.807, 2.05) is 11.9 Å². The summed E-state index contributed by atoms with van der Waals surface area (Å²) in [6.07, 6.45) is -9.45. The van der Waals surface area contributed by atoms with Gasteiger partial charge < -0.3 is 14.7 Å². The summed E-state index contributed by atoms with van der Waals surface area (Å²) in [5, 5.41) is 0. The van der Waals surface area contributed by atoms with Crippen molar-refractivity contribution in [3.8, 4) is 0 Å². The van der Waals surface area contributed by atoms with E-state index in [4.69, 9.17) is 0 Å². The van der Waals surface area contributed by atoms with Gasteiger partial charge in [-0.1, -0.05) is 6.07 Å². The van der Waals surface area contributed by atoms with E-state index in [0.29, 0.717) is 37.2 Å². The first-order chi connectivity index (χ1) is 16.6. The number of benzene rings is 2. The lowest BCUT2D eigenvalue weighted by atomic mass is 9.97. The van der Waals surface area contributed by atoms with Gasteiger partial charge in [-0.2, -0.15) is 26.3 Å². The fourth-order valence-electron chi connectivity index (χ4n) is 4.42. The predicted octanol–water partition coefficient (Wildman–Crippen LogP) is 6.66. The number of carbonyl (C=O) groups is 1. The highest BCUT2D eigenvalue weighted by atomic mass is 19.4. The third-order valence-corrected chi connectivity index (χ3v) is 6.69. The Hall–Kier alpha value is -2.82. The zero-order valence-corrected chi connectivity index (χ0v) is 20.3. The maximum atomic E-state index is 13.7. The molecule has 3 rings (SSSR count). The second-order valence-corrected chi connectivity index (χ2v) is 9.21. The van der Waals surface area contributed by atoms with E-state index < -0.39 is 47.4 Å². The van der Waals surface area contributed by atoms with Crippen molar-refractivity contribution >= 4 is 6.03 Å². The molecule has 0 unspecified atom stereocenters. The van der Waals surface area contributed by atoms with Gasteiger partial charge in [0.2, 0.25) is 0 Å². The number of halogens is 7. The summed E-state index contributed by atoms with van der Waals surface area (Å²) in [7, 11) is 3.24. The third-order valence-electron chi connectivity index (χ3n) is 6.69. The predicted molar refractivity (Wildman–Crippen MR) is 121 cm³/mol. The second kappa shape index (κ2) is 10.3. The van der Waals surface area contributed by atoms with Crippen molar-refractivity contribution < 1.29 is 35.5 Å². The Bertz CT molecular complexity index is 1070. The average Bonchev–Trinajstić information content (AvgIpc) is 2.97. The molecule has 36 heavy (non-hydrogen) atoms. The molecule has 2 atom stereocenters. The Labute approximate surface area is 205 Å². The van der Waals surface area contributed by atoms with Crippen LogP contribution in [0, 0.1) is 12.7 Å². The van der Waals surface area contributed by atoms with Crippen LogP contribution in [0.25, 0.3) is 0 Å². The van der Waals surface area contributed by atoms with E-state index >= 15 is 0 Å². The van der Waals surface area contributed by atoms with Crippen molar-refractivity contribution in [1.29, 1.82) is 0 Å². The number of likely N-dealkylation sites (N-methyl/N-ethyl adjacent to an activating group) is 1. The molecule has 2 aromatic carbocycles. The third kappa shape index (κ3) is 6.11. The van der Waals surface area contributed by atoms with E-state index in [9.17, 15) is 35.5 Å². The molecule has 1 aliphatic rings. The number of hydrogen-bond donors (Lipinski definition) is 0. The van der Waals surface area contributed by atoms with Gasteiger partial charge in [0.1, 0.15) is 5.82 Å². The first-order valence-corrected chi connectivity index (χ1v) is 11.4. The molecule has 0 radical (unpaired) electrons. The van der Waals surface area contributed by atoms with Gasteiger partial charge in [-0.3, -0.25) is 0 Å². The topological polar surface area (TPSA) is 26.8 Å². The van der Waals surface area contributed by atoms with Crippen molar-refractivity contribution in [2.75, 3.05) is 33.7 Å². The second-order valence-electron chi connectivity index (χ2n) is 9.21. The number of hydrogen-bond acceptors (Lipinski definition) is 2. The minimum Gasteiger partial charge on any atom is -0.321 e. The van der Waals surface area contributed by atoms with Gasteiger partial charge in [-0.15, -0.1) is 0 Å². The van der Waals surface area contributed by atoms with Crippen LogP contribution in [0.5, 0.6) is 0 Å². The maximum Gasteiger partial charge on any atom is 0.416 e. The molecule has 4 nitrogen and oxygen atoms in total. The molecule has 2 amide bonds. The van der Waals surface area contributed by atoms with Crippen LogP contribution in [-0.2, 0) is 12.4 Å². The van der Waals surface area contributed by atoms with Crippen molar-refractivity contribution in [1.82, 2.24) is 14.7 Å². The Kier molecular flexibility index (Phi) is 7.92. The lowest BCUT2D eigenvalue weighted by Gasteiger charge is -2.37. The van der Waals surface area contributed by atoms with E-state index in [0.717, 1.165) is 10.5 Å². The van der Waals surface area contributed by atoms with Gasteiger partial charge in [0.25, 0.3) is 0 Å². The number of aryl methyl sites for hydroxylation is 1. The summed E-state index contributed by atoms with van der Waals surface area (Å²) in [6, 6.07) is 3.54. The van der Waals surface area contributed by atoms with Gasteiger partial charge in [0.15, 0.2) is 0 Å². The molecular formula is C25H28F7N3O. The summed E-state index contributed by atoms with van der Waals surface area (Å²) >= 11 is 0. The van der Waals surface area contributed by atoms with E-state index in [-0.39, 0.29) is 18.2 Å². The molecular weight excluding hydrogens is 491 g/mol. The quantitative estimate of drug-likeness (QED) is 0.424. The lowest BCUT2D eigenvalue weighted by Crippen LogP contribution is -2.45. The summed E-state index contributed by atoms with van der Waals surface area (Å²) < 4.78 is 93.8. The average molecular weight is 520 g/mol. The van der Waals surface area contributed by atoms with Crippen molar-refractivity contribution in [3.63, 3.8) is 0 Å². The Morgan fingerprint density at radius 2 is 1.56 bits per heavy atom. The normalized spacial score (nSPS) is 18.6. The van der Waals surface area contributed by atoms with Gasteiger partial charge in [0.05, 0.1) is 23.2 Å². The van der Waals surface area contributed by atoms with Gasteiger partial charge in [-0.25, -0.2) is 9.18 Å². The Morgan fingerprint density at radius 1 is 0.972 bits per heavy atom. The highest BCUT2D eigenvalue weighted by molar-refractivity contribution is 5.75. The minimum absolute atomic E-state index is 0.0655. The lowest BCUT2D eigenvalue weighted by molar-refractivity contribution is -0.143. The number of rotatable bonds is 3. The first-order valence-electron chi connectivity index (χ1n) is 11.4. The zero-order chi connectivity index (χ0) is 27.0. The summed E-state index contributed by atoms with van der Waals surface area (Å²) in [4.78, 5) is 18.3. The van der Waals surface area contributed by atoms with Crippen LogP contribution in [-0.4, -0.2) is 54.5 Å². The van der Waals surface area contributed by atoms with Crippen LogP contribution in [0.4, 0.5) is 35.5 Å². The molecule has 0 aliphatic carbocycles. The fourth-order valence-corrected chi connectivity index (χ4v) is 4.42. The monoisotopic (exact) mass is 519 g/mol. The fraction of sp³-hybridized carbons (Fsp3) is 0.480. The molecule has 0 spiro atoms. The molecule has 0 saturated carbocycles. The molecule has 0 aromatic heterocycles. The van der Waals surface area contributed by atoms with E-state index in [1.54, 1.807) is 17.9 Å². The van der Waals surface area contributed by atoms with Gasteiger partial charge >= 0.3 is 18.4 Å². The summed E-state index contributed by atoms with van der Waals surface area (Å²) in [5.41, 5.74) is -1.77. The van der Waals surface area contributed by atoms with Crippen LogP contribution in [0.15, 0.2) is 36.4 Å². The zero-order valence-electron chi connectivity index (χ0n) is 20.3. The Morgan fingerprint density at radius 3 is 2.08 bits per heavy atom. The molecule has 1 aliphatic heterocycles. The Balaban J connectivity index is 1.98. The molecule has 198 valence electrons. The van der Waals surface area contributed by atoms with Crippen LogP contribution in [0.2, 0.25) is 0 Å².